The van der Waals surface area contributed by atoms with Crippen LogP contribution in [0.2, 0.25) is 0 Å². The van der Waals surface area contributed by atoms with Crippen molar-refractivity contribution in [2.45, 2.75) is 6.42 Å². The Morgan fingerprint density at radius 3 is 2.80 bits per heavy atom. The zero-order valence-electron chi connectivity index (χ0n) is 5.10. The van der Waals surface area contributed by atoms with Gasteiger partial charge in [-0.05, 0) is 6.08 Å². The van der Waals surface area contributed by atoms with Crippen molar-refractivity contribution in [1.82, 2.24) is 0 Å². The van der Waals surface area contributed by atoms with Gasteiger partial charge in [0.2, 0.25) is 0 Å². The summed E-state index contributed by atoms with van der Waals surface area (Å²) in [5.41, 5.74) is 0.493. The molecular weight excluding hydrogens is 194 g/mol. The van der Waals surface area contributed by atoms with Crippen molar-refractivity contribution in [3.05, 3.63) is 33.7 Å². The van der Waals surface area contributed by atoms with Crippen LogP contribution in [0.5, 0.6) is 0 Å². The van der Waals surface area contributed by atoms with Gasteiger partial charge < -0.3 is 0 Å². The Morgan fingerprint density at radius 2 is 2.30 bits per heavy atom. The van der Waals surface area contributed by atoms with Gasteiger partial charge in [0.15, 0.2) is 5.70 Å². The molecule has 0 spiro atoms. The molecule has 0 saturated heterocycles. The van der Waals surface area contributed by atoms with Crippen molar-refractivity contribution in [2.24, 2.45) is 0 Å². The van der Waals surface area contributed by atoms with E-state index in [1.54, 1.807) is 6.08 Å². The number of hydrogen-bond acceptors (Lipinski definition) is 1. The second kappa shape index (κ2) is 2.80. The molecule has 0 atom stereocenters. The van der Waals surface area contributed by atoms with E-state index >= 15 is 0 Å². The summed E-state index contributed by atoms with van der Waals surface area (Å²) in [4.78, 5) is 13.9. The lowest BCUT2D eigenvalue weighted by Crippen LogP contribution is -1.98. The van der Waals surface area contributed by atoms with Crippen LogP contribution in [-0.4, -0.2) is 5.78 Å². The monoisotopic (exact) mass is 197 g/mol. The van der Waals surface area contributed by atoms with Crippen molar-refractivity contribution in [2.75, 3.05) is 0 Å². The van der Waals surface area contributed by atoms with E-state index in [1.165, 1.54) is 6.08 Å². The molecule has 1 aliphatic rings. The normalized spacial score (nSPS) is 17.4. The highest BCUT2D eigenvalue weighted by Crippen LogP contribution is 2.22. The fourth-order valence-electron chi connectivity index (χ4n) is 0.664. The fourth-order valence-corrected chi connectivity index (χ4v) is 1.02. The van der Waals surface area contributed by atoms with E-state index in [-0.39, 0.29) is 12.2 Å². The number of carbonyl (C=O) groups is 1. The first-order valence-corrected chi connectivity index (χ1v) is 3.50. The summed E-state index contributed by atoms with van der Waals surface area (Å²) in [7, 11) is 0. The Bertz CT molecular complexity index is 270. The van der Waals surface area contributed by atoms with Crippen molar-refractivity contribution >= 4 is 21.7 Å². The van der Waals surface area contributed by atoms with Gasteiger partial charge in [-0.1, -0.05) is 22.0 Å². The molecule has 0 aromatic carbocycles. The fraction of sp³-hybridized carbons (Fsp3) is 0.143. The van der Waals surface area contributed by atoms with Gasteiger partial charge >= 0.3 is 0 Å². The number of nitrogens with zero attached hydrogens (tertiary/aromatic N) is 1. The molecule has 0 saturated carbocycles. The standard InChI is InChI=1S/C7H4BrNO/c1-9-7-4-5(10)2-3-6(7)8/h2-3H,4H2. The maximum Gasteiger partial charge on any atom is 0.186 e. The van der Waals surface area contributed by atoms with Crippen LogP contribution < -0.4 is 0 Å². The molecule has 2 nitrogen and oxygen atoms in total. The second-order valence-corrected chi connectivity index (χ2v) is 2.74. The number of halogens is 1. The molecule has 1 aliphatic carbocycles. The molecule has 10 heavy (non-hydrogen) atoms. The molecule has 0 fully saturated rings. The first-order valence-electron chi connectivity index (χ1n) is 2.71. The average molecular weight is 198 g/mol. The molecular formula is C7H4BrNO. The lowest BCUT2D eigenvalue weighted by atomic mass is 10.1. The smallest absolute Gasteiger partial charge is 0.186 e. The molecule has 0 unspecified atom stereocenters. The number of allylic oxidation sites excluding steroid dienone is 4. The van der Waals surface area contributed by atoms with E-state index in [2.05, 4.69) is 20.8 Å². The number of carbonyl (C=O) groups excluding carboxylic acids is 1. The highest BCUT2D eigenvalue weighted by molar-refractivity contribution is 9.11. The highest BCUT2D eigenvalue weighted by Gasteiger charge is 2.11. The molecule has 0 aromatic heterocycles. The van der Waals surface area contributed by atoms with Gasteiger partial charge in [0, 0.05) is 10.9 Å². The summed E-state index contributed by atoms with van der Waals surface area (Å²) in [5, 5.41) is 0. The lowest BCUT2D eigenvalue weighted by Gasteiger charge is -2.01. The van der Waals surface area contributed by atoms with Crippen LogP contribution in [0.4, 0.5) is 0 Å². The van der Waals surface area contributed by atoms with E-state index in [0.717, 1.165) is 4.48 Å². The third kappa shape index (κ3) is 1.34. The Hall–Kier alpha value is -0.880. The van der Waals surface area contributed by atoms with Crippen LogP contribution in [-0.2, 0) is 4.79 Å². The molecule has 3 heteroatoms. The van der Waals surface area contributed by atoms with Gasteiger partial charge in [-0.15, -0.1) is 0 Å². The van der Waals surface area contributed by atoms with Gasteiger partial charge in [-0.2, -0.15) is 0 Å². The summed E-state index contributed by atoms with van der Waals surface area (Å²) in [5.74, 6) is -0.00537. The molecule has 1 rings (SSSR count). The summed E-state index contributed by atoms with van der Waals surface area (Å²) in [6.07, 6.45) is 3.32. The molecule has 0 radical (unpaired) electrons. The van der Waals surface area contributed by atoms with Gasteiger partial charge in [0.1, 0.15) is 5.78 Å². The number of ketones is 1. The van der Waals surface area contributed by atoms with Crippen LogP contribution in [0, 0.1) is 6.57 Å². The molecule has 0 aliphatic heterocycles. The van der Waals surface area contributed by atoms with Crippen LogP contribution in [0.15, 0.2) is 22.3 Å². The van der Waals surface area contributed by atoms with E-state index < -0.39 is 0 Å². The van der Waals surface area contributed by atoms with Crippen molar-refractivity contribution in [3.63, 3.8) is 0 Å². The highest BCUT2D eigenvalue weighted by atomic mass is 79.9. The van der Waals surface area contributed by atoms with Gasteiger partial charge in [-0.3, -0.25) is 4.79 Å². The van der Waals surface area contributed by atoms with Gasteiger partial charge in [0.25, 0.3) is 0 Å². The first-order chi connectivity index (χ1) is 4.74. The van der Waals surface area contributed by atoms with E-state index in [0.29, 0.717) is 5.70 Å². The number of hydrogen-bond donors (Lipinski definition) is 0. The lowest BCUT2D eigenvalue weighted by molar-refractivity contribution is -0.114. The first kappa shape index (κ1) is 7.23. The minimum Gasteiger partial charge on any atom is -0.296 e. The van der Waals surface area contributed by atoms with Crippen LogP contribution in [0.1, 0.15) is 6.42 Å². The van der Waals surface area contributed by atoms with Crippen molar-refractivity contribution in [3.8, 4) is 0 Å². The Kier molecular flexibility index (Phi) is 2.03. The molecule has 0 heterocycles. The van der Waals surface area contributed by atoms with E-state index in [1.807, 2.05) is 0 Å². The molecule has 0 amide bonds. The van der Waals surface area contributed by atoms with Crippen LogP contribution in [0.25, 0.3) is 4.85 Å². The van der Waals surface area contributed by atoms with Crippen molar-refractivity contribution in [1.29, 1.82) is 0 Å². The van der Waals surface area contributed by atoms with E-state index in [4.69, 9.17) is 6.57 Å². The predicted molar refractivity (Wildman–Crippen MR) is 41.3 cm³/mol. The average Bonchev–Trinajstić information content (AvgIpc) is 1.94. The Labute approximate surface area is 67.2 Å². The third-order valence-electron chi connectivity index (χ3n) is 1.17. The quantitative estimate of drug-likeness (QED) is 0.545. The number of rotatable bonds is 0. The summed E-state index contributed by atoms with van der Waals surface area (Å²) >= 11 is 3.17. The maximum absolute atomic E-state index is 10.7. The maximum atomic E-state index is 10.7. The second-order valence-electron chi connectivity index (χ2n) is 1.88. The summed E-state index contributed by atoms with van der Waals surface area (Å²) in [6.45, 7) is 6.67. The van der Waals surface area contributed by atoms with E-state index in [9.17, 15) is 4.79 Å². The van der Waals surface area contributed by atoms with Crippen LogP contribution >= 0.6 is 15.9 Å². The minimum atomic E-state index is -0.00537. The Morgan fingerprint density at radius 1 is 1.60 bits per heavy atom. The molecule has 50 valence electrons. The Balaban J connectivity index is 2.97. The topological polar surface area (TPSA) is 21.4 Å². The van der Waals surface area contributed by atoms with Gasteiger partial charge in [-0.25, -0.2) is 4.85 Å². The molecule has 0 aromatic rings. The largest absolute Gasteiger partial charge is 0.296 e. The predicted octanol–water partition coefficient (Wildman–Crippen LogP) is 2.04. The minimum absolute atomic E-state index is 0.00537. The molecule has 0 N–H and O–H groups in total. The zero-order valence-corrected chi connectivity index (χ0v) is 6.68. The third-order valence-corrected chi connectivity index (χ3v) is 1.89. The SMILES string of the molecule is [C-]#[N+]C1=C(Br)C=CC(=O)C1. The summed E-state index contributed by atoms with van der Waals surface area (Å²) in [6, 6.07) is 0. The van der Waals surface area contributed by atoms with Crippen molar-refractivity contribution < 1.29 is 4.79 Å². The zero-order chi connectivity index (χ0) is 7.56. The summed E-state index contributed by atoms with van der Waals surface area (Å²) < 4.78 is 0.724. The van der Waals surface area contributed by atoms with Gasteiger partial charge in [0.05, 0.1) is 6.57 Å². The van der Waals surface area contributed by atoms with Crippen LogP contribution in [0.3, 0.4) is 0 Å². The molecule has 0 bridgehead atoms.